The molecule has 1 atom stereocenters. The summed E-state index contributed by atoms with van der Waals surface area (Å²) in [5, 5.41) is 12.5. The molecule has 1 aliphatic rings. The van der Waals surface area contributed by atoms with Crippen LogP contribution in [0.1, 0.15) is 33.1 Å². The normalized spacial score (nSPS) is 20.8. The van der Waals surface area contributed by atoms with Gasteiger partial charge in [-0.2, -0.15) is 5.26 Å². The molecule has 1 aliphatic heterocycles. The van der Waals surface area contributed by atoms with Crippen molar-refractivity contribution in [1.82, 2.24) is 10.2 Å². The fourth-order valence-corrected chi connectivity index (χ4v) is 2.07. The lowest BCUT2D eigenvalue weighted by molar-refractivity contribution is 0.0366. The molecule has 1 fully saturated rings. The van der Waals surface area contributed by atoms with E-state index in [4.69, 9.17) is 4.74 Å². The van der Waals surface area contributed by atoms with E-state index in [1.165, 1.54) is 0 Å². The SMILES string of the molecule is CCCNC(C)(C#N)CCCN1CCOCC1. The monoisotopic (exact) mass is 239 g/mol. The van der Waals surface area contributed by atoms with Gasteiger partial charge in [-0.05, 0) is 39.3 Å². The molecule has 0 aliphatic carbocycles. The maximum atomic E-state index is 9.20. The number of nitriles is 1. The highest BCUT2D eigenvalue weighted by Crippen LogP contribution is 2.12. The lowest BCUT2D eigenvalue weighted by atomic mass is 9.97. The first-order valence-corrected chi connectivity index (χ1v) is 6.66. The van der Waals surface area contributed by atoms with Crippen LogP contribution in [-0.4, -0.2) is 49.8 Å². The molecule has 1 saturated heterocycles. The Labute approximate surface area is 105 Å². The van der Waals surface area contributed by atoms with E-state index in [9.17, 15) is 5.26 Å². The van der Waals surface area contributed by atoms with Gasteiger partial charge in [-0.25, -0.2) is 0 Å². The summed E-state index contributed by atoms with van der Waals surface area (Å²) in [4.78, 5) is 2.42. The van der Waals surface area contributed by atoms with Crippen molar-refractivity contribution >= 4 is 0 Å². The van der Waals surface area contributed by atoms with E-state index in [2.05, 4.69) is 23.2 Å². The Morgan fingerprint density at radius 2 is 2.12 bits per heavy atom. The predicted molar refractivity (Wildman–Crippen MR) is 68.8 cm³/mol. The molecule has 1 heterocycles. The van der Waals surface area contributed by atoms with Crippen molar-refractivity contribution in [3.8, 4) is 6.07 Å². The number of morpholine rings is 1. The zero-order valence-electron chi connectivity index (χ0n) is 11.2. The van der Waals surface area contributed by atoms with Crippen molar-refractivity contribution in [2.75, 3.05) is 39.4 Å². The first kappa shape index (κ1) is 14.4. The summed E-state index contributed by atoms with van der Waals surface area (Å²) in [7, 11) is 0. The van der Waals surface area contributed by atoms with Crippen LogP contribution in [-0.2, 0) is 4.74 Å². The molecular formula is C13H25N3O. The van der Waals surface area contributed by atoms with Crippen molar-refractivity contribution in [3.05, 3.63) is 0 Å². The van der Waals surface area contributed by atoms with Gasteiger partial charge in [0.2, 0.25) is 0 Å². The van der Waals surface area contributed by atoms with Crippen molar-refractivity contribution in [3.63, 3.8) is 0 Å². The summed E-state index contributed by atoms with van der Waals surface area (Å²) in [5.74, 6) is 0. The van der Waals surface area contributed by atoms with E-state index in [0.29, 0.717) is 0 Å². The molecule has 0 aromatic carbocycles. The summed E-state index contributed by atoms with van der Waals surface area (Å²) in [6.45, 7) is 9.89. The van der Waals surface area contributed by atoms with Crippen LogP contribution in [0.5, 0.6) is 0 Å². The second kappa shape index (κ2) is 7.65. The molecule has 0 amide bonds. The van der Waals surface area contributed by atoms with Gasteiger partial charge >= 0.3 is 0 Å². The lowest BCUT2D eigenvalue weighted by Crippen LogP contribution is -2.43. The third-order valence-corrected chi connectivity index (χ3v) is 3.27. The molecule has 17 heavy (non-hydrogen) atoms. The lowest BCUT2D eigenvalue weighted by Gasteiger charge is -2.28. The van der Waals surface area contributed by atoms with Crippen molar-refractivity contribution in [1.29, 1.82) is 5.26 Å². The molecule has 1 rings (SSSR count). The molecule has 0 aromatic heterocycles. The van der Waals surface area contributed by atoms with E-state index < -0.39 is 0 Å². The minimum atomic E-state index is -0.359. The Bertz CT molecular complexity index is 246. The Hall–Kier alpha value is -0.630. The molecule has 0 saturated carbocycles. The third kappa shape index (κ3) is 5.49. The number of nitrogens with one attached hydrogen (secondary N) is 1. The predicted octanol–water partition coefficient (Wildman–Crippen LogP) is 1.38. The minimum absolute atomic E-state index is 0.359. The van der Waals surface area contributed by atoms with Crippen LogP contribution in [0, 0.1) is 11.3 Å². The summed E-state index contributed by atoms with van der Waals surface area (Å²) >= 11 is 0. The first-order chi connectivity index (χ1) is 8.20. The zero-order valence-corrected chi connectivity index (χ0v) is 11.2. The summed E-state index contributed by atoms with van der Waals surface area (Å²) in [5.41, 5.74) is -0.359. The molecule has 98 valence electrons. The minimum Gasteiger partial charge on any atom is -0.379 e. The van der Waals surface area contributed by atoms with Crippen LogP contribution in [0.15, 0.2) is 0 Å². The van der Waals surface area contributed by atoms with Crippen LogP contribution in [0.3, 0.4) is 0 Å². The number of hydrogen-bond acceptors (Lipinski definition) is 4. The fraction of sp³-hybridized carbons (Fsp3) is 0.923. The highest BCUT2D eigenvalue weighted by atomic mass is 16.5. The number of hydrogen-bond donors (Lipinski definition) is 1. The number of nitrogens with zero attached hydrogens (tertiary/aromatic N) is 2. The molecule has 1 N–H and O–H groups in total. The molecule has 4 nitrogen and oxygen atoms in total. The second-order valence-corrected chi connectivity index (χ2v) is 4.93. The van der Waals surface area contributed by atoms with E-state index in [0.717, 1.165) is 58.7 Å². The van der Waals surface area contributed by atoms with Crippen molar-refractivity contribution < 1.29 is 4.74 Å². The van der Waals surface area contributed by atoms with Gasteiger partial charge < -0.3 is 4.74 Å². The number of ether oxygens (including phenoxy) is 1. The molecule has 1 unspecified atom stereocenters. The van der Waals surface area contributed by atoms with Crippen LogP contribution in [0.4, 0.5) is 0 Å². The fourth-order valence-electron chi connectivity index (χ4n) is 2.07. The Morgan fingerprint density at radius 1 is 1.41 bits per heavy atom. The van der Waals surface area contributed by atoms with Gasteiger partial charge in [0.05, 0.1) is 19.3 Å². The van der Waals surface area contributed by atoms with E-state index in [1.807, 2.05) is 6.92 Å². The topological polar surface area (TPSA) is 48.3 Å². The Balaban J connectivity index is 2.20. The van der Waals surface area contributed by atoms with Crippen molar-refractivity contribution in [2.45, 2.75) is 38.6 Å². The van der Waals surface area contributed by atoms with Crippen molar-refractivity contribution in [2.24, 2.45) is 0 Å². The zero-order chi connectivity index (χ0) is 12.6. The van der Waals surface area contributed by atoms with Gasteiger partial charge in [-0.15, -0.1) is 0 Å². The van der Waals surface area contributed by atoms with Gasteiger partial charge in [0.1, 0.15) is 5.54 Å². The quantitative estimate of drug-likeness (QED) is 0.729. The first-order valence-electron chi connectivity index (χ1n) is 6.66. The molecule has 4 heteroatoms. The van der Waals surface area contributed by atoms with Crippen LogP contribution in [0.2, 0.25) is 0 Å². The standard InChI is InChI=1S/C13H25N3O/c1-3-6-15-13(2,12-14)5-4-7-16-8-10-17-11-9-16/h15H,3-11H2,1-2H3. The largest absolute Gasteiger partial charge is 0.379 e. The number of rotatable bonds is 7. The molecule has 0 spiro atoms. The van der Waals surface area contributed by atoms with E-state index in [1.54, 1.807) is 0 Å². The van der Waals surface area contributed by atoms with Crippen LogP contribution < -0.4 is 5.32 Å². The van der Waals surface area contributed by atoms with Gasteiger partial charge in [0.25, 0.3) is 0 Å². The van der Waals surface area contributed by atoms with Gasteiger partial charge in [-0.1, -0.05) is 6.92 Å². The molecular weight excluding hydrogens is 214 g/mol. The maximum Gasteiger partial charge on any atom is 0.103 e. The van der Waals surface area contributed by atoms with Gasteiger partial charge in [0.15, 0.2) is 0 Å². The second-order valence-electron chi connectivity index (χ2n) is 4.93. The highest BCUT2D eigenvalue weighted by molar-refractivity contribution is 5.03. The van der Waals surface area contributed by atoms with Crippen LogP contribution >= 0.6 is 0 Å². The van der Waals surface area contributed by atoms with E-state index in [-0.39, 0.29) is 5.54 Å². The summed E-state index contributed by atoms with van der Waals surface area (Å²) in [6, 6.07) is 2.40. The Kier molecular flexibility index (Phi) is 6.49. The molecule has 0 radical (unpaired) electrons. The molecule has 0 aromatic rings. The van der Waals surface area contributed by atoms with E-state index >= 15 is 0 Å². The summed E-state index contributed by atoms with van der Waals surface area (Å²) < 4.78 is 5.31. The highest BCUT2D eigenvalue weighted by Gasteiger charge is 2.22. The molecule has 0 bridgehead atoms. The Morgan fingerprint density at radius 3 is 2.71 bits per heavy atom. The van der Waals surface area contributed by atoms with Gasteiger partial charge in [-0.3, -0.25) is 10.2 Å². The van der Waals surface area contributed by atoms with Crippen LogP contribution in [0.25, 0.3) is 0 Å². The summed E-state index contributed by atoms with van der Waals surface area (Å²) in [6.07, 6.45) is 3.06. The third-order valence-electron chi connectivity index (χ3n) is 3.27. The average molecular weight is 239 g/mol. The average Bonchev–Trinajstić information content (AvgIpc) is 2.38. The van der Waals surface area contributed by atoms with Gasteiger partial charge in [0, 0.05) is 13.1 Å². The maximum absolute atomic E-state index is 9.20. The smallest absolute Gasteiger partial charge is 0.103 e.